The Kier molecular flexibility index (Phi) is 5.00. The lowest BCUT2D eigenvalue weighted by Gasteiger charge is -2.31. The molecule has 1 amide bonds. The smallest absolute Gasteiger partial charge is 0.410 e. The van der Waals surface area contributed by atoms with Crippen molar-refractivity contribution < 1.29 is 19.4 Å². The van der Waals surface area contributed by atoms with Crippen LogP contribution in [0.4, 0.5) is 4.79 Å². The van der Waals surface area contributed by atoms with Gasteiger partial charge in [-0.1, -0.05) is 23.7 Å². The Morgan fingerprint density at radius 2 is 2.00 bits per heavy atom. The zero-order valence-corrected chi connectivity index (χ0v) is 14.2. The number of carboxylic acid groups (broad SMARTS) is 1. The van der Waals surface area contributed by atoms with Crippen LogP contribution in [0.2, 0.25) is 5.02 Å². The highest BCUT2D eigenvalue weighted by Crippen LogP contribution is 2.30. The molecule has 0 fully saturated rings. The molecule has 1 N–H and O–H groups in total. The Morgan fingerprint density at radius 3 is 2.57 bits per heavy atom. The SMILES string of the molecule is CC(C)(C)OC(=O)N1CCC(c2cccc(Cl)c2)=C(C(=O)O)C1. The number of amides is 1. The first-order valence-corrected chi connectivity index (χ1v) is 7.74. The molecule has 0 spiro atoms. The monoisotopic (exact) mass is 337 g/mol. The number of carboxylic acids is 1. The second kappa shape index (κ2) is 6.62. The number of benzene rings is 1. The van der Waals surface area contributed by atoms with Gasteiger partial charge in [0.25, 0.3) is 0 Å². The summed E-state index contributed by atoms with van der Waals surface area (Å²) in [6, 6.07) is 7.09. The van der Waals surface area contributed by atoms with Crippen molar-refractivity contribution in [1.82, 2.24) is 4.90 Å². The zero-order chi connectivity index (χ0) is 17.2. The molecule has 5 nitrogen and oxygen atoms in total. The first-order chi connectivity index (χ1) is 10.7. The van der Waals surface area contributed by atoms with Crippen molar-refractivity contribution in [3.05, 3.63) is 40.4 Å². The Balaban J connectivity index is 2.28. The van der Waals surface area contributed by atoms with Gasteiger partial charge in [0.2, 0.25) is 0 Å². The van der Waals surface area contributed by atoms with Gasteiger partial charge in [-0.3, -0.25) is 0 Å². The normalized spacial score (nSPS) is 15.6. The Bertz CT molecular complexity index is 661. The predicted molar refractivity (Wildman–Crippen MR) is 88.4 cm³/mol. The summed E-state index contributed by atoms with van der Waals surface area (Å²) < 4.78 is 5.32. The minimum Gasteiger partial charge on any atom is -0.478 e. The van der Waals surface area contributed by atoms with Crippen LogP contribution < -0.4 is 0 Å². The second-order valence-corrected chi connectivity index (χ2v) is 6.86. The molecule has 1 heterocycles. The maximum atomic E-state index is 12.1. The quantitative estimate of drug-likeness (QED) is 0.890. The third kappa shape index (κ3) is 4.48. The number of hydrogen-bond donors (Lipinski definition) is 1. The molecule has 0 radical (unpaired) electrons. The molecule has 0 bridgehead atoms. The molecule has 1 aliphatic heterocycles. The standard InChI is InChI=1S/C17H20ClNO4/c1-17(2,3)23-16(22)19-8-7-13(14(10-19)15(20)21)11-5-4-6-12(18)9-11/h4-6,9H,7-8,10H2,1-3H3,(H,20,21). The molecule has 1 aliphatic rings. The van der Waals surface area contributed by atoms with E-state index in [-0.39, 0.29) is 12.1 Å². The third-order valence-electron chi connectivity index (χ3n) is 3.43. The fraction of sp³-hybridized carbons (Fsp3) is 0.412. The maximum Gasteiger partial charge on any atom is 0.410 e. The number of carbonyl (C=O) groups is 2. The molecule has 2 rings (SSSR count). The predicted octanol–water partition coefficient (Wildman–Crippen LogP) is 3.82. The van der Waals surface area contributed by atoms with Crippen molar-refractivity contribution >= 4 is 29.2 Å². The number of hydrogen-bond acceptors (Lipinski definition) is 3. The lowest BCUT2D eigenvalue weighted by atomic mass is 9.93. The van der Waals surface area contributed by atoms with Crippen LogP contribution in [0.15, 0.2) is 29.8 Å². The molecule has 0 saturated heterocycles. The molecule has 0 atom stereocenters. The lowest BCUT2D eigenvalue weighted by Crippen LogP contribution is -2.41. The Labute approximate surface area is 140 Å². The molecular weight excluding hydrogens is 318 g/mol. The van der Waals surface area contributed by atoms with Gasteiger partial charge in [0.05, 0.1) is 12.1 Å². The van der Waals surface area contributed by atoms with Gasteiger partial charge >= 0.3 is 12.1 Å². The molecule has 23 heavy (non-hydrogen) atoms. The van der Waals surface area contributed by atoms with Gasteiger partial charge in [0, 0.05) is 11.6 Å². The van der Waals surface area contributed by atoms with Crippen molar-refractivity contribution in [2.45, 2.75) is 32.8 Å². The summed E-state index contributed by atoms with van der Waals surface area (Å²) in [6.07, 6.45) is -0.0531. The van der Waals surface area contributed by atoms with E-state index in [1.54, 1.807) is 39.0 Å². The third-order valence-corrected chi connectivity index (χ3v) is 3.66. The lowest BCUT2D eigenvalue weighted by molar-refractivity contribution is -0.132. The van der Waals surface area contributed by atoms with Gasteiger partial charge in [-0.15, -0.1) is 0 Å². The van der Waals surface area contributed by atoms with Gasteiger partial charge in [0.1, 0.15) is 5.60 Å². The summed E-state index contributed by atoms with van der Waals surface area (Å²) in [5, 5.41) is 10.1. The van der Waals surface area contributed by atoms with E-state index in [0.717, 1.165) is 5.56 Å². The highest BCUT2D eigenvalue weighted by Gasteiger charge is 2.30. The van der Waals surface area contributed by atoms with Crippen LogP contribution in [-0.4, -0.2) is 40.8 Å². The summed E-state index contributed by atoms with van der Waals surface area (Å²) in [4.78, 5) is 25.2. The van der Waals surface area contributed by atoms with Crippen molar-refractivity contribution in [2.75, 3.05) is 13.1 Å². The topological polar surface area (TPSA) is 66.8 Å². The van der Waals surface area contributed by atoms with E-state index in [4.69, 9.17) is 16.3 Å². The molecule has 1 aromatic carbocycles. The van der Waals surface area contributed by atoms with E-state index < -0.39 is 17.7 Å². The number of ether oxygens (including phenoxy) is 1. The molecular formula is C17H20ClNO4. The zero-order valence-electron chi connectivity index (χ0n) is 13.4. The van der Waals surface area contributed by atoms with E-state index in [0.29, 0.717) is 23.6 Å². The van der Waals surface area contributed by atoms with E-state index in [9.17, 15) is 14.7 Å². The minimum atomic E-state index is -1.03. The van der Waals surface area contributed by atoms with E-state index in [2.05, 4.69) is 0 Å². The summed E-state index contributed by atoms with van der Waals surface area (Å²) >= 11 is 5.99. The fourth-order valence-electron chi connectivity index (χ4n) is 2.44. The molecule has 0 aliphatic carbocycles. The van der Waals surface area contributed by atoms with Crippen LogP contribution in [-0.2, 0) is 9.53 Å². The number of nitrogens with zero attached hydrogens (tertiary/aromatic N) is 1. The summed E-state index contributed by atoms with van der Waals surface area (Å²) in [6.45, 7) is 5.76. The molecule has 0 unspecified atom stereocenters. The van der Waals surface area contributed by atoms with Crippen LogP contribution in [0.3, 0.4) is 0 Å². The van der Waals surface area contributed by atoms with Crippen LogP contribution in [0.5, 0.6) is 0 Å². The van der Waals surface area contributed by atoms with Gasteiger partial charge < -0.3 is 14.7 Å². The van der Waals surface area contributed by atoms with E-state index >= 15 is 0 Å². The first-order valence-electron chi connectivity index (χ1n) is 7.36. The molecule has 124 valence electrons. The van der Waals surface area contributed by atoms with Crippen LogP contribution >= 0.6 is 11.6 Å². The number of carbonyl (C=O) groups excluding carboxylic acids is 1. The summed E-state index contributed by atoms with van der Waals surface area (Å²) in [5.74, 6) is -1.03. The summed E-state index contributed by atoms with van der Waals surface area (Å²) in [5.41, 5.74) is 1.07. The van der Waals surface area contributed by atoms with Crippen molar-refractivity contribution in [2.24, 2.45) is 0 Å². The Hall–Kier alpha value is -2.01. The van der Waals surface area contributed by atoms with Gasteiger partial charge in [-0.05, 0) is 50.5 Å². The van der Waals surface area contributed by atoms with Gasteiger partial charge in [-0.2, -0.15) is 0 Å². The first kappa shape index (κ1) is 17.3. The van der Waals surface area contributed by atoms with E-state index in [1.807, 2.05) is 6.07 Å². The maximum absolute atomic E-state index is 12.1. The molecule has 6 heteroatoms. The van der Waals surface area contributed by atoms with Crippen molar-refractivity contribution in [1.29, 1.82) is 0 Å². The van der Waals surface area contributed by atoms with Crippen LogP contribution in [0.1, 0.15) is 32.8 Å². The van der Waals surface area contributed by atoms with Crippen LogP contribution in [0, 0.1) is 0 Å². The average Bonchev–Trinajstić information content (AvgIpc) is 2.44. The van der Waals surface area contributed by atoms with Crippen molar-refractivity contribution in [3.8, 4) is 0 Å². The average molecular weight is 338 g/mol. The Morgan fingerprint density at radius 1 is 1.30 bits per heavy atom. The summed E-state index contributed by atoms with van der Waals surface area (Å²) in [7, 11) is 0. The van der Waals surface area contributed by atoms with Gasteiger partial charge in [-0.25, -0.2) is 9.59 Å². The van der Waals surface area contributed by atoms with Crippen LogP contribution in [0.25, 0.3) is 5.57 Å². The minimum absolute atomic E-state index is 0.0199. The number of aliphatic carboxylic acids is 1. The number of halogens is 1. The van der Waals surface area contributed by atoms with Gasteiger partial charge in [0.15, 0.2) is 0 Å². The highest BCUT2D eigenvalue weighted by molar-refractivity contribution is 6.30. The largest absolute Gasteiger partial charge is 0.478 e. The number of rotatable bonds is 2. The highest BCUT2D eigenvalue weighted by atomic mass is 35.5. The molecule has 0 aromatic heterocycles. The van der Waals surface area contributed by atoms with Crippen molar-refractivity contribution in [3.63, 3.8) is 0 Å². The molecule has 1 aromatic rings. The fourth-order valence-corrected chi connectivity index (χ4v) is 2.63. The molecule has 0 saturated carbocycles. The second-order valence-electron chi connectivity index (χ2n) is 6.42. The van der Waals surface area contributed by atoms with E-state index in [1.165, 1.54) is 4.90 Å².